The number of carbonyl (C=O) groups excluding carboxylic acids is 1. The quantitative estimate of drug-likeness (QED) is 0.659. The van der Waals surface area contributed by atoms with Crippen LogP contribution in [0.15, 0.2) is 53.6 Å². The van der Waals surface area contributed by atoms with Gasteiger partial charge in [0.05, 0.1) is 19.9 Å². The molecule has 22 heavy (non-hydrogen) atoms. The van der Waals surface area contributed by atoms with Gasteiger partial charge >= 0.3 is 0 Å². The number of amides is 1. The van der Waals surface area contributed by atoms with Crippen LogP contribution in [-0.2, 0) is 0 Å². The van der Waals surface area contributed by atoms with Crippen LogP contribution in [0.1, 0.15) is 22.8 Å². The first-order valence-electron chi connectivity index (χ1n) is 6.94. The Hall–Kier alpha value is -2.82. The highest BCUT2D eigenvalue weighted by atomic mass is 16.5. The van der Waals surface area contributed by atoms with Crippen LogP contribution in [0.5, 0.6) is 11.5 Å². The molecule has 0 heterocycles. The van der Waals surface area contributed by atoms with Gasteiger partial charge in [-0.1, -0.05) is 12.1 Å². The highest BCUT2D eigenvalue weighted by molar-refractivity contribution is 5.95. The molecule has 0 saturated carbocycles. The fourth-order valence-corrected chi connectivity index (χ4v) is 1.84. The average Bonchev–Trinajstić information content (AvgIpc) is 2.56. The number of para-hydroxylation sites is 1. The maximum Gasteiger partial charge on any atom is 0.271 e. The number of hydrogen-bond acceptors (Lipinski definition) is 4. The fraction of sp³-hybridized carbons (Fsp3) is 0.176. The molecule has 0 bridgehead atoms. The summed E-state index contributed by atoms with van der Waals surface area (Å²) in [6.07, 6.45) is 1.56. The van der Waals surface area contributed by atoms with Crippen LogP contribution >= 0.6 is 0 Å². The van der Waals surface area contributed by atoms with Crippen molar-refractivity contribution in [3.63, 3.8) is 0 Å². The van der Waals surface area contributed by atoms with Gasteiger partial charge in [-0.25, -0.2) is 5.43 Å². The molecule has 0 unspecified atom stereocenters. The summed E-state index contributed by atoms with van der Waals surface area (Å²) in [6.45, 7) is 2.49. The van der Waals surface area contributed by atoms with Gasteiger partial charge in [-0.15, -0.1) is 0 Å². The molecule has 0 aliphatic heterocycles. The van der Waals surface area contributed by atoms with Gasteiger partial charge in [0.15, 0.2) is 0 Å². The number of methoxy groups -OCH3 is 1. The minimum atomic E-state index is -0.284. The van der Waals surface area contributed by atoms with Crippen LogP contribution < -0.4 is 14.9 Å². The van der Waals surface area contributed by atoms with E-state index in [2.05, 4.69) is 10.5 Å². The first-order chi connectivity index (χ1) is 10.7. The Morgan fingerprint density at radius 1 is 1.18 bits per heavy atom. The zero-order valence-electron chi connectivity index (χ0n) is 12.6. The van der Waals surface area contributed by atoms with E-state index >= 15 is 0 Å². The third kappa shape index (κ3) is 4.09. The predicted molar refractivity (Wildman–Crippen MR) is 85.7 cm³/mol. The lowest BCUT2D eigenvalue weighted by atomic mass is 10.2. The minimum absolute atomic E-state index is 0.284. The topological polar surface area (TPSA) is 59.9 Å². The van der Waals surface area contributed by atoms with E-state index < -0.39 is 0 Å². The number of rotatable bonds is 6. The summed E-state index contributed by atoms with van der Waals surface area (Å²) >= 11 is 0. The van der Waals surface area contributed by atoms with Crippen molar-refractivity contribution in [3.05, 3.63) is 59.7 Å². The molecule has 0 aromatic heterocycles. The normalized spacial score (nSPS) is 10.5. The maximum atomic E-state index is 11.9. The van der Waals surface area contributed by atoms with Gasteiger partial charge in [0.2, 0.25) is 0 Å². The fourth-order valence-electron chi connectivity index (χ4n) is 1.84. The van der Waals surface area contributed by atoms with Crippen molar-refractivity contribution in [2.24, 2.45) is 5.10 Å². The van der Waals surface area contributed by atoms with Gasteiger partial charge in [0.1, 0.15) is 11.5 Å². The monoisotopic (exact) mass is 298 g/mol. The van der Waals surface area contributed by atoms with Crippen LogP contribution in [0.2, 0.25) is 0 Å². The van der Waals surface area contributed by atoms with E-state index in [9.17, 15) is 4.79 Å². The predicted octanol–water partition coefficient (Wildman–Crippen LogP) is 2.86. The smallest absolute Gasteiger partial charge is 0.271 e. The highest BCUT2D eigenvalue weighted by Crippen LogP contribution is 2.15. The van der Waals surface area contributed by atoms with E-state index in [0.717, 1.165) is 11.3 Å². The van der Waals surface area contributed by atoms with Gasteiger partial charge < -0.3 is 9.47 Å². The van der Waals surface area contributed by atoms with Crippen molar-refractivity contribution < 1.29 is 14.3 Å². The van der Waals surface area contributed by atoms with Crippen molar-refractivity contribution in [1.29, 1.82) is 0 Å². The van der Waals surface area contributed by atoms with Crippen molar-refractivity contribution in [3.8, 4) is 11.5 Å². The van der Waals surface area contributed by atoms with Gasteiger partial charge in [0, 0.05) is 11.1 Å². The molecule has 1 N–H and O–H groups in total. The molecule has 0 fully saturated rings. The number of hydrazone groups is 1. The number of nitrogens with one attached hydrogen (secondary N) is 1. The number of benzene rings is 2. The van der Waals surface area contributed by atoms with E-state index in [1.807, 2.05) is 31.2 Å². The Morgan fingerprint density at radius 2 is 1.91 bits per heavy atom. The van der Waals surface area contributed by atoms with Crippen LogP contribution in [0, 0.1) is 0 Å². The van der Waals surface area contributed by atoms with Gasteiger partial charge in [-0.2, -0.15) is 5.10 Å². The minimum Gasteiger partial charge on any atom is -0.497 e. The Kier molecular flexibility index (Phi) is 5.54. The van der Waals surface area contributed by atoms with Crippen molar-refractivity contribution in [1.82, 2.24) is 5.43 Å². The summed E-state index contributed by atoms with van der Waals surface area (Å²) in [4.78, 5) is 11.9. The second kappa shape index (κ2) is 7.83. The molecule has 0 atom stereocenters. The standard InChI is InChI=1S/C17H18N2O3/c1-3-22-16-7-5-4-6-14(16)12-18-19-17(20)13-8-10-15(21-2)11-9-13/h4-12H,3H2,1-2H3,(H,19,20)/b18-12+. The first kappa shape index (κ1) is 15.6. The SMILES string of the molecule is CCOc1ccccc1/C=N/NC(=O)c1ccc(OC)cc1. The third-order valence-electron chi connectivity index (χ3n) is 2.94. The molecular formula is C17H18N2O3. The molecule has 0 aliphatic rings. The molecule has 5 heteroatoms. The van der Waals surface area contributed by atoms with Crippen molar-refractivity contribution >= 4 is 12.1 Å². The summed E-state index contributed by atoms with van der Waals surface area (Å²) in [5, 5.41) is 3.97. The molecule has 0 saturated heterocycles. The number of carbonyl (C=O) groups is 1. The van der Waals surface area contributed by atoms with Crippen LogP contribution in [0.25, 0.3) is 0 Å². The largest absolute Gasteiger partial charge is 0.497 e. The molecule has 0 aliphatic carbocycles. The summed E-state index contributed by atoms with van der Waals surface area (Å²) in [7, 11) is 1.58. The third-order valence-corrected chi connectivity index (χ3v) is 2.94. The van der Waals surface area contributed by atoms with Crippen LogP contribution in [-0.4, -0.2) is 25.8 Å². The molecular weight excluding hydrogens is 280 g/mol. The Bertz CT molecular complexity index is 651. The molecule has 2 aromatic carbocycles. The summed E-state index contributed by atoms with van der Waals surface area (Å²) in [5.74, 6) is 1.14. The summed E-state index contributed by atoms with van der Waals surface area (Å²) in [6, 6.07) is 14.3. The lowest BCUT2D eigenvalue weighted by Gasteiger charge is -2.06. The van der Waals surface area contributed by atoms with E-state index in [1.54, 1.807) is 37.6 Å². The summed E-state index contributed by atoms with van der Waals surface area (Å²) < 4.78 is 10.5. The average molecular weight is 298 g/mol. The molecule has 2 aromatic rings. The number of hydrogen-bond donors (Lipinski definition) is 1. The van der Waals surface area contributed by atoms with Gasteiger partial charge in [-0.05, 0) is 43.3 Å². The zero-order valence-corrected chi connectivity index (χ0v) is 12.6. The second-order valence-electron chi connectivity index (χ2n) is 4.40. The van der Waals surface area contributed by atoms with E-state index in [0.29, 0.717) is 17.9 Å². The van der Waals surface area contributed by atoms with Crippen LogP contribution in [0.3, 0.4) is 0 Å². The second-order valence-corrected chi connectivity index (χ2v) is 4.40. The molecule has 1 amide bonds. The van der Waals surface area contributed by atoms with Gasteiger partial charge in [0.25, 0.3) is 5.91 Å². The van der Waals surface area contributed by atoms with Gasteiger partial charge in [-0.3, -0.25) is 4.79 Å². The van der Waals surface area contributed by atoms with Crippen molar-refractivity contribution in [2.45, 2.75) is 6.92 Å². The first-order valence-corrected chi connectivity index (χ1v) is 6.94. The van der Waals surface area contributed by atoms with Crippen LogP contribution in [0.4, 0.5) is 0 Å². The number of nitrogens with zero attached hydrogens (tertiary/aromatic N) is 1. The molecule has 0 spiro atoms. The van der Waals surface area contributed by atoms with E-state index in [-0.39, 0.29) is 5.91 Å². The van der Waals surface area contributed by atoms with E-state index in [4.69, 9.17) is 9.47 Å². The lowest BCUT2D eigenvalue weighted by molar-refractivity contribution is 0.0955. The zero-order chi connectivity index (χ0) is 15.8. The highest BCUT2D eigenvalue weighted by Gasteiger charge is 2.04. The Balaban J connectivity index is 2.01. The summed E-state index contributed by atoms with van der Waals surface area (Å²) in [5.41, 5.74) is 3.80. The lowest BCUT2D eigenvalue weighted by Crippen LogP contribution is -2.17. The molecule has 5 nitrogen and oxygen atoms in total. The molecule has 0 radical (unpaired) electrons. The van der Waals surface area contributed by atoms with E-state index in [1.165, 1.54) is 0 Å². The molecule has 2 rings (SSSR count). The molecule has 114 valence electrons. The Morgan fingerprint density at radius 3 is 2.59 bits per heavy atom. The van der Waals surface area contributed by atoms with Crippen molar-refractivity contribution in [2.75, 3.05) is 13.7 Å². The maximum absolute atomic E-state index is 11.9. The number of ether oxygens (including phenoxy) is 2. The Labute approximate surface area is 129 Å².